The third-order valence-corrected chi connectivity index (χ3v) is 3.56. The fourth-order valence-electron chi connectivity index (χ4n) is 2.37. The molecular weight excluding hydrogens is 210 g/mol. The van der Waals surface area contributed by atoms with E-state index in [9.17, 15) is 0 Å². The SMILES string of the molecule is C[C@H](CCc1ccccc1)[NH2+]C[C@H]1CCCO1. The minimum atomic E-state index is 0.508. The normalized spacial score (nSPS) is 21.6. The first-order chi connectivity index (χ1) is 8.34. The van der Waals surface area contributed by atoms with Crippen LogP contribution in [0.3, 0.4) is 0 Å². The van der Waals surface area contributed by atoms with Gasteiger partial charge in [-0.15, -0.1) is 0 Å². The van der Waals surface area contributed by atoms with Crippen molar-refractivity contribution >= 4 is 0 Å². The summed E-state index contributed by atoms with van der Waals surface area (Å²) in [5.74, 6) is 0. The average molecular weight is 234 g/mol. The molecule has 0 spiro atoms. The lowest BCUT2D eigenvalue weighted by atomic mass is 10.1. The van der Waals surface area contributed by atoms with Crippen molar-refractivity contribution in [2.75, 3.05) is 13.2 Å². The molecule has 1 saturated heterocycles. The number of hydrogen-bond acceptors (Lipinski definition) is 1. The van der Waals surface area contributed by atoms with Crippen LogP contribution in [0.2, 0.25) is 0 Å². The molecule has 1 aliphatic heterocycles. The van der Waals surface area contributed by atoms with Crippen molar-refractivity contribution in [3.05, 3.63) is 35.9 Å². The van der Waals surface area contributed by atoms with E-state index >= 15 is 0 Å². The van der Waals surface area contributed by atoms with Crippen molar-refractivity contribution in [1.29, 1.82) is 0 Å². The molecule has 1 aliphatic rings. The monoisotopic (exact) mass is 234 g/mol. The lowest BCUT2D eigenvalue weighted by Crippen LogP contribution is -2.91. The largest absolute Gasteiger partial charge is 0.372 e. The van der Waals surface area contributed by atoms with E-state index in [1.807, 2.05) is 0 Å². The molecule has 2 nitrogen and oxygen atoms in total. The van der Waals surface area contributed by atoms with E-state index in [1.54, 1.807) is 0 Å². The van der Waals surface area contributed by atoms with E-state index in [2.05, 4.69) is 42.6 Å². The zero-order valence-corrected chi connectivity index (χ0v) is 10.8. The molecule has 0 aromatic heterocycles. The van der Waals surface area contributed by atoms with Gasteiger partial charge in [0.1, 0.15) is 12.6 Å². The molecule has 1 aromatic carbocycles. The van der Waals surface area contributed by atoms with Crippen molar-refractivity contribution < 1.29 is 10.1 Å². The molecule has 2 heteroatoms. The van der Waals surface area contributed by atoms with Gasteiger partial charge in [-0.3, -0.25) is 0 Å². The molecule has 2 N–H and O–H groups in total. The summed E-state index contributed by atoms with van der Waals surface area (Å²) in [7, 11) is 0. The Hall–Kier alpha value is -0.860. The van der Waals surface area contributed by atoms with Gasteiger partial charge < -0.3 is 10.1 Å². The lowest BCUT2D eigenvalue weighted by molar-refractivity contribution is -0.691. The molecule has 1 heterocycles. The van der Waals surface area contributed by atoms with E-state index in [4.69, 9.17) is 4.74 Å². The number of rotatable bonds is 6. The van der Waals surface area contributed by atoms with Crippen LogP contribution in [0.25, 0.3) is 0 Å². The average Bonchev–Trinajstić information content (AvgIpc) is 2.88. The van der Waals surface area contributed by atoms with E-state index in [-0.39, 0.29) is 0 Å². The van der Waals surface area contributed by atoms with Crippen LogP contribution in [0, 0.1) is 0 Å². The Morgan fingerprint density at radius 1 is 1.35 bits per heavy atom. The standard InChI is InChI=1S/C15H23NO/c1-13(16-12-15-8-5-11-17-15)9-10-14-6-3-2-4-7-14/h2-4,6-7,13,15-16H,5,8-12H2,1H3/p+1/t13-,15-/m1/s1. The Labute approximate surface area is 104 Å². The summed E-state index contributed by atoms with van der Waals surface area (Å²) < 4.78 is 5.63. The second-order valence-corrected chi connectivity index (χ2v) is 5.11. The maximum Gasteiger partial charge on any atom is 0.106 e. The van der Waals surface area contributed by atoms with Crippen molar-refractivity contribution in [3.8, 4) is 0 Å². The summed E-state index contributed by atoms with van der Waals surface area (Å²) in [5, 5.41) is 2.44. The molecule has 0 amide bonds. The van der Waals surface area contributed by atoms with Gasteiger partial charge >= 0.3 is 0 Å². The van der Waals surface area contributed by atoms with Gasteiger partial charge in [-0.2, -0.15) is 0 Å². The first kappa shape index (κ1) is 12.6. The summed E-state index contributed by atoms with van der Waals surface area (Å²) in [6.07, 6.45) is 5.44. The van der Waals surface area contributed by atoms with Crippen molar-refractivity contribution in [3.63, 3.8) is 0 Å². The van der Waals surface area contributed by atoms with Crippen LogP contribution in [0.5, 0.6) is 0 Å². The fraction of sp³-hybridized carbons (Fsp3) is 0.600. The van der Waals surface area contributed by atoms with Gasteiger partial charge in [-0.1, -0.05) is 30.3 Å². The Balaban J connectivity index is 1.62. The maximum atomic E-state index is 5.63. The molecule has 0 radical (unpaired) electrons. The molecule has 1 fully saturated rings. The number of aryl methyl sites for hydroxylation is 1. The van der Waals surface area contributed by atoms with E-state index < -0.39 is 0 Å². The van der Waals surface area contributed by atoms with Crippen LogP contribution in [-0.2, 0) is 11.2 Å². The third kappa shape index (κ3) is 4.49. The molecule has 94 valence electrons. The summed E-state index contributed by atoms with van der Waals surface area (Å²) in [6, 6.07) is 11.4. The molecular formula is C15H24NO+. The summed E-state index contributed by atoms with van der Waals surface area (Å²) in [6.45, 7) is 4.42. The highest BCUT2D eigenvalue weighted by Crippen LogP contribution is 2.09. The topological polar surface area (TPSA) is 25.8 Å². The van der Waals surface area contributed by atoms with Gasteiger partial charge in [-0.05, 0) is 31.7 Å². The minimum Gasteiger partial charge on any atom is -0.372 e. The van der Waals surface area contributed by atoms with Gasteiger partial charge in [0.05, 0.1) is 6.04 Å². The van der Waals surface area contributed by atoms with Gasteiger partial charge in [-0.25, -0.2) is 0 Å². The highest BCUT2D eigenvalue weighted by atomic mass is 16.5. The van der Waals surface area contributed by atoms with E-state index in [1.165, 1.54) is 31.2 Å². The number of ether oxygens (including phenoxy) is 1. The predicted octanol–water partition coefficient (Wildman–Crippen LogP) is 1.75. The second kappa shape index (κ2) is 6.77. The highest BCUT2D eigenvalue weighted by molar-refractivity contribution is 5.14. The van der Waals surface area contributed by atoms with Crippen molar-refractivity contribution in [2.45, 2.75) is 44.8 Å². The predicted molar refractivity (Wildman–Crippen MR) is 70.0 cm³/mol. The first-order valence-corrected chi connectivity index (χ1v) is 6.83. The Bertz CT molecular complexity index is 306. The lowest BCUT2D eigenvalue weighted by Gasteiger charge is -2.13. The second-order valence-electron chi connectivity index (χ2n) is 5.11. The Morgan fingerprint density at radius 2 is 2.18 bits per heavy atom. The smallest absolute Gasteiger partial charge is 0.106 e. The number of hydrogen-bond donors (Lipinski definition) is 1. The van der Waals surface area contributed by atoms with E-state index in [0.29, 0.717) is 12.1 Å². The van der Waals surface area contributed by atoms with Crippen LogP contribution in [0.4, 0.5) is 0 Å². The van der Waals surface area contributed by atoms with Gasteiger partial charge in [0, 0.05) is 13.0 Å². The quantitative estimate of drug-likeness (QED) is 0.797. The number of benzene rings is 1. The van der Waals surface area contributed by atoms with Crippen LogP contribution < -0.4 is 5.32 Å². The molecule has 1 aromatic rings. The number of quaternary nitrogens is 1. The zero-order chi connectivity index (χ0) is 11.9. The Kier molecular flexibility index (Phi) is 5.02. The van der Waals surface area contributed by atoms with E-state index in [0.717, 1.165) is 13.2 Å². The highest BCUT2D eigenvalue weighted by Gasteiger charge is 2.18. The zero-order valence-electron chi connectivity index (χ0n) is 10.8. The number of nitrogens with two attached hydrogens (primary N) is 1. The third-order valence-electron chi connectivity index (χ3n) is 3.56. The first-order valence-electron chi connectivity index (χ1n) is 6.83. The van der Waals surface area contributed by atoms with Crippen molar-refractivity contribution in [2.24, 2.45) is 0 Å². The van der Waals surface area contributed by atoms with Crippen LogP contribution in [0.15, 0.2) is 30.3 Å². The van der Waals surface area contributed by atoms with Gasteiger partial charge in [0.2, 0.25) is 0 Å². The van der Waals surface area contributed by atoms with Gasteiger partial charge in [0.25, 0.3) is 0 Å². The fourth-order valence-corrected chi connectivity index (χ4v) is 2.37. The maximum absolute atomic E-state index is 5.63. The molecule has 17 heavy (non-hydrogen) atoms. The molecule has 0 saturated carbocycles. The molecule has 2 rings (SSSR count). The molecule has 0 aliphatic carbocycles. The molecule has 0 bridgehead atoms. The summed E-state index contributed by atoms with van der Waals surface area (Å²) >= 11 is 0. The van der Waals surface area contributed by atoms with Crippen LogP contribution in [0.1, 0.15) is 31.7 Å². The van der Waals surface area contributed by atoms with Gasteiger partial charge in [0.15, 0.2) is 0 Å². The Morgan fingerprint density at radius 3 is 2.88 bits per heavy atom. The summed E-state index contributed by atoms with van der Waals surface area (Å²) in [4.78, 5) is 0. The molecule has 0 unspecified atom stereocenters. The summed E-state index contributed by atoms with van der Waals surface area (Å²) in [5.41, 5.74) is 1.45. The van der Waals surface area contributed by atoms with Crippen LogP contribution >= 0.6 is 0 Å². The van der Waals surface area contributed by atoms with Crippen molar-refractivity contribution in [1.82, 2.24) is 0 Å². The van der Waals surface area contributed by atoms with Crippen LogP contribution in [-0.4, -0.2) is 25.3 Å². The minimum absolute atomic E-state index is 0.508. The molecule has 2 atom stereocenters.